The minimum atomic E-state index is 0.0263. The molecule has 0 bridgehead atoms. The molecule has 0 radical (unpaired) electrons. The van der Waals surface area contributed by atoms with Gasteiger partial charge in [0.2, 0.25) is 0 Å². The number of ether oxygens (including phenoxy) is 1. The van der Waals surface area contributed by atoms with Gasteiger partial charge in [-0.05, 0) is 44.9 Å². The quantitative estimate of drug-likeness (QED) is 0.529. The van der Waals surface area contributed by atoms with E-state index in [-0.39, 0.29) is 17.3 Å². The maximum Gasteiger partial charge on any atom is 0.309 e. The molecular weight excluding hydrogens is 200 g/mol. The minimum absolute atomic E-state index is 0.0263. The molecule has 0 aromatic heterocycles. The summed E-state index contributed by atoms with van der Waals surface area (Å²) in [6.07, 6.45) is 10.3. The zero-order chi connectivity index (χ0) is 11.6. The molecule has 1 fully saturated rings. The van der Waals surface area contributed by atoms with Crippen molar-refractivity contribution < 1.29 is 9.53 Å². The molecule has 2 unspecified atom stereocenters. The molecule has 3 atom stereocenters. The molecule has 2 aliphatic carbocycles. The third-order valence-electron chi connectivity index (χ3n) is 4.43. The Kier molecular flexibility index (Phi) is 3.36. The van der Waals surface area contributed by atoms with Gasteiger partial charge < -0.3 is 4.74 Å². The maximum atomic E-state index is 12.0. The number of allylic oxidation sites excluding steroid dienone is 2. The Morgan fingerprint density at radius 1 is 1.50 bits per heavy atom. The van der Waals surface area contributed by atoms with Crippen molar-refractivity contribution in [3.05, 3.63) is 12.2 Å². The summed E-state index contributed by atoms with van der Waals surface area (Å²) in [4.78, 5) is 12.0. The van der Waals surface area contributed by atoms with Crippen LogP contribution in [-0.2, 0) is 9.53 Å². The van der Waals surface area contributed by atoms with Crippen molar-refractivity contribution in [2.75, 3.05) is 6.61 Å². The van der Waals surface area contributed by atoms with E-state index in [0.29, 0.717) is 12.5 Å². The molecule has 0 amide bonds. The fourth-order valence-electron chi connectivity index (χ4n) is 3.49. The normalized spacial score (nSPS) is 37.9. The maximum absolute atomic E-state index is 12.0. The zero-order valence-electron chi connectivity index (χ0n) is 10.4. The second-order valence-corrected chi connectivity index (χ2v) is 5.19. The molecule has 0 saturated heterocycles. The topological polar surface area (TPSA) is 26.3 Å². The van der Waals surface area contributed by atoms with E-state index in [9.17, 15) is 4.79 Å². The van der Waals surface area contributed by atoms with Gasteiger partial charge in [-0.1, -0.05) is 19.1 Å². The Bertz CT molecular complexity index is 295. The van der Waals surface area contributed by atoms with Gasteiger partial charge in [0.1, 0.15) is 0 Å². The Morgan fingerprint density at radius 3 is 2.94 bits per heavy atom. The predicted octanol–water partition coefficient (Wildman–Crippen LogP) is 3.32. The lowest BCUT2D eigenvalue weighted by molar-refractivity contribution is -0.151. The highest BCUT2D eigenvalue weighted by Gasteiger charge is 2.50. The Balaban J connectivity index is 2.21. The van der Waals surface area contributed by atoms with Crippen molar-refractivity contribution in [3.8, 4) is 0 Å². The summed E-state index contributed by atoms with van der Waals surface area (Å²) in [5.41, 5.74) is 0.116. The first kappa shape index (κ1) is 11.7. The summed E-state index contributed by atoms with van der Waals surface area (Å²) >= 11 is 0. The second-order valence-electron chi connectivity index (χ2n) is 5.19. The second kappa shape index (κ2) is 4.60. The summed E-state index contributed by atoms with van der Waals surface area (Å²) in [6, 6.07) is 0. The fourth-order valence-corrected chi connectivity index (χ4v) is 3.49. The smallest absolute Gasteiger partial charge is 0.309 e. The summed E-state index contributed by atoms with van der Waals surface area (Å²) in [6.45, 7) is 4.68. The van der Waals surface area contributed by atoms with Gasteiger partial charge in [-0.15, -0.1) is 0 Å². The molecule has 0 N–H and O–H groups in total. The number of carbonyl (C=O) groups is 1. The molecule has 16 heavy (non-hydrogen) atoms. The Labute approximate surface area is 98.1 Å². The van der Waals surface area contributed by atoms with Gasteiger partial charge in [0.05, 0.1) is 12.5 Å². The van der Waals surface area contributed by atoms with Crippen LogP contribution in [0.2, 0.25) is 0 Å². The molecule has 0 aromatic rings. The SMILES string of the molecule is CCOC(=O)C1CC[C@@H](C)C12C=CCCC2. The first-order chi connectivity index (χ1) is 7.70. The third kappa shape index (κ3) is 1.79. The predicted molar refractivity (Wildman–Crippen MR) is 63.9 cm³/mol. The lowest BCUT2D eigenvalue weighted by Crippen LogP contribution is -2.35. The number of hydrogen-bond donors (Lipinski definition) is 0. The molecule has 2 heteroatoms. The Hall–Kier alpha value is -0.790. The van der Waals surface area contributed by atoms with E-state index in [1.54, 1.807) is 0 Å². The van der Waals surface area contributed by atoms with E-state index >= 15 is 0 Å². The van der Waals surface area contributed by atoms with Crippen LogP contribution in [0, 0.1) is 17.3 Å². The van der Waals surface area contributed by atoms with Crippen molar-refractivity contribution in [1.82, 2.24) is 0 Å². The van der Waals surface area contributed by atoms with Crippen molar-refractivity contribution in [1.29, 1.82) is 0 Å². The minimum Gasteiger partial charge on any atom is -0.466 e. The summed E-state index contributed by atoms with van der Waals surface area (Å²) in [7, 11) is 0. The lowest BCUT2D eigenvalue weighted by atomic mass is 9.67. The Morgan fingerprint density at radius 2 is 2.31 bits per heavy atom. The molecule has 2 nitrogen and oxygen atoms in total. The number of carbonyl (C=O) groups excluding carboxylic acids is 1. The van der Waals surface area contributed by atoms with Gasteiger partial charge in [0, 0.05) is 5.41 Å². The van der Waals surface area contributed by atoms with E-state index in [0.717, 1.165) is 19.3 Å². The molecular formula is C14H22O2. The van der Waals surface area contributed by atoms with Crippen LogP contribution in [0.3, 0.4) is 0 Å². The lowest BCUT2D eigenvalue weighted by Gasteiger charge is -2.37. The summed E-state index contributed by atoms with van der Waals surface area (Å²) < 4.78 is 5.23. The van der Waals surface area contributed by atoms with Crippen LogP contribution >= 0.6 is 0 Å². The molecule has 2 rings (SSSR count). The van der Waals surface area contributed by atoms with Crippen molar-refractivity contribution >= 4 is 5.97 Å². The van der Waals surface area contributed by atoms with E-state index in [2.05, 4.69) is 19.1 Å². The number of hydrogen-bond acceptors (Lipinski definition) is 2. The van der Waals surface area contributed by atoms with Gasteiger partial charge in [-0.2, -0.15) is 0 Å². The molecule has 2 aliphatic rings. The van der Waals surface area contributed by atoms with Crippen molar-refractivity contribution in [2.45, 2.75) is 46.0 Å². The van der Waals surface area contributed by atoms with Crippen molar-refractivity contribution in [2.24, 2.45) is 17.3 Å². The van der Waals surface area contributed by atoms with Crippen LogP contribution < -0.4 is 0 Å². The van der Waals surface area contributed by atoms with Crippen LogP contribution in [0.5, 0.6) is 0 Å². The molecule has 0 aliphatic heterocycles. The fraction of sp³-hybridized carbons (Fsp3) is 0.786. The number of rotatable bonds is 2. The molecule has 1 saturated carbocycles. The van der Waals surface area contributed by atoms with Gasteiger partial charge in [-0.3, -0.25) is 4.79 Å². The molecule has 1 spiro atoms. The standard InChI is InChI=1S/C14H22O2/c1-3-16-13(15)12-8-7-11(2)14(12)9-5-4-6-10-14/h5,9,11-12H,3-4,6-8,10H2,1-2H3/t11-,12?,14?/m1/s1. The molecule has 0 heterocycles. The first-order valence-corrected chi connectivity index (χ1v) is 6.55. The van der Waals surface area contributed by atoms with Crippen LogP contribution in [0.1, 0.15) is 46.0 Å². The number of esters is 1. The highest BCUT2D eigenvalue weighted by molar-refractivity contribution is 5.74. The van der Waals surface area contributed by atoms with E-state index in [1.165, 1.54) is 12.8 Å². The van der Waals surface area contributed by atoms with Crippen LogP contribution in [0.4, 0.5) is 0 Å². The van der Waals surface area contributed by atoms with Gasteiger partial charge in [-0.25, -0.2) is 0 Å². The average Bonchev–Trinajstić information content (AvgIpc) is 2.58. The monoisotopic (exact) mass is 222 g/mol. The highest BCUT2D eigenvalue weighted by atomic mass is 16.5. The van der Waals surface area contributed by atoms with E-state index in [4.69, 9.17) is 4.74 Å². The summed E-state index contributed by atoms with van der Waals surface area (Å²) in [5.74, 6) is 0.760. The van der Waals surface area contributed by atoms with Crippen LogP contribution in [-0.4, -0.2) is 12.6 Å². The third-order valence-corrected chi connectivity index (χ3v) is 4.43. The van der Waals surface area contributed by atoms with Crippen LogP contribution in [0.15, 0.2) is 12.2 Å². The summed E-state index contributed by atoms with van der Waals surface area (Å²) in [5, 5.41) is 0. The molecule has 90 valence electrons. The van der Waals surface area contributed by atoms with E-state index in [1.807, 2.05) is 6.92 Å². The van der Waals surface area contributed by atoms with Gasteiger partial charge in [0.15, 0.2) is 0 Å². The largest absolute Gasteiger partial charge is 0.466 e. The van der Waals surface area contributed by atoms with Crippen LogP contribution in [0.25, 0.3) is 0 Å². The van der Waals surface area contributed by atoms with Gasteiger partial charge in [0.25, 0.3) is 0 Å². The van der Waals surface area contributed by atoms with E-state index < -0.39 is 0 Å². The molecule has 0 aromatic carbocycles. The highest BCUT2D eigenvalue weighted by Crippen LogP contribution is 2.54. The van der Waals surface area contributed by atoms with Crippen molar-refractivity contribution in [3.63, 3.8) is 0 Å². The zero-order valence-corrected chi connectivity index (χ0v) is 10.4. The first-order valence-electron chi connectivity index (χ1n) is 6.55. The average molecular weight is 222 g/mol. The van der Waals surface area contributed by atoms with Gasteiger partial charge >= 0.3 is 5.97 Å².